The minimum absolute atomic E-state index is 0.0369. The second kappa shape index (κ2) is 8.86. The van der Waals surface area contributed by atoms with Gasteiger partial charge in [0.05, 0.1) is 0 Å². The van der Waals surface area contributed by atoms with Gasteiger partial charge in [-0.15, -0.1) is 0 Å². The van der Waals surface area contributed by atoms with Gasteiger partial charge in [0.1, 0.15) is 0 Å². The summed E-state index contributed by atoms with van der Waals surface area (Å²) in [6.45, 7) is 0. The lowest BCUT2D eigenvalue weighted by atomic mass is 10.1. The maximum Gasteiger partial charge on any atom is 0.220 e. The predicted molar refractivity (Wildman–Crippen MR) is 95.7 cm³/mol. The third kappa shape index (κ3) is 5.39. The molecule has 0 aliphatic rings. The first-order chi connectivity index (χ1) is 10.7. The van der Waals surface area contributed by atoms with E-state index in [1.807, 2.05) is 42.5 Å². The molecule has 0 heterocycles. The van der Waals surface area contributed by atoms with Gasteiger partial charge in [-0.05, 0) is 30.0 Å². The zero-order valence-electron chi connectivity index (χ0n) is 12.3. The van der Waals surface area contributed by atoms with Crippen LogP contribution in [0.4, 0.5) is 0 Å². The van der Waals surface area contributed by atoms with E-state index in [1.165, 1.54) is 5.56 Å². The lowest BCUT2D eigenvalue weighted by Crippen LogP contribution is -2.37. The summed E-state index contributed by atoms with van der Waals surface area (Å²) in [5.41, 5.74) is 2.21. The van der Waals surface area contributed by atoms with E-state index in [-0.39, 0.29) is 11.9 Å². The number of benzene rings is 2. The summed E-state index contributed by atoms with van der Waals surface area (Å²) >= 11 is 10.4. The summed E-state index contributed by atoms with van der Waals surface area (Å²) in [4.78, 5) is 12.1. The number of hydrogen-bond donors (Lipinski definition) is 2. The Hall–Kier alpha value is -1.45. The van der Waals surface area contributed by atoms with Gasteiger partial charge in [-0.1, -0.05) is 60.1 Å². The van der Waals surface area contributed by atoms with E-state index in [2.05, 4.69) is 30.1 Å². The lowest BCUT2D eigenvalue weighted by molar-refractivity contribution is -0.121. The molecule has 0 unspecified atom stereocenters. The van der Waals surface area contributed by atoms with E-state index in [0.717, 1.165) is 12.0 Å². The fourth-order valence-corrected chi connectivity index (χ4v) is 2.76. The van der Waals surface area contributed by atoms with Crippen LogP contribution in [-0.4, -0.2) is 17.7 Å². The van der Waals surface area contributed by atoms with Crippen molar-refractivity contribution in [3.63, 3.8) is 0 Å². The number of hydrogen-bond acceptors (Lipinski definition) is 2. The molecule has 0 aromatic heterocycles. The van der Waals surface area contributed by atoms with Crippen LogP contribution in [0.3, 0.4) is 0 Å². The van der Waals surface area contributed by atoms with Crippen molar-refractivity contribution in [3.05, 3.63) is 70.7 Å². The normalized spacial score (nSPS) is 11.9. The Morgan fingerprint density at radius 3 is 2.45 bits per heavy atom. The molecule has 1 N–H and O–H groups in total. The van der Waals surface area contributed by atoms with Crippen molar-refractivity contribution in [1.82, 2.24) is 5.32 Å². The van der Waals surface area contributed by atoms with Crippen molar-refractivity contribution in [2.75, 3.05) is 5.75 Å². The molecule has 0 aliphatic carbocycles. The number of thiol groups is 1. The van der Waals surface area contributed by atoms with E-state index < -0.39 is 0 Å². The Morgan fingerprint density at radius 2 is 1.77 bits per heavy atom. The van der Waals surface area contributed by atoms with Gasteiger partial charge in [0.15, 0.2) is 0 Å². The first-order valence-electron chi connectivity index (χ1n) is 7.36. The molecule has 0 spiro atoms. The molecule has 0 bridgehead atoms. The SMILES string of the molecule is O=C(CCc1ccccc1Cl)N[C@@H](CS)Cc1ccccc1. The number of carbonyl (C=O) groups excluding carboxylic acids is 1. The van der Waals surface area contributed by atoms with Gasteiger partial charge in [0.2, 0.25) is 5.91 Å². The molecular weight excluding hydrogens is 314 g/mol. The molecule has 2 nitrogen and oxygen atoms in total. The zero-order chi connectivity index (χ0) is 15.8. The molecule has 22 heavy (non-hydrogen) atoms. The second-order valence-corrected chi connectivity index (χ2v) is 6.00. The first-order valence-corrected chi connectivity index (χ1v) is 8.37. The summed E-state index contributed by atoms with van der Waals surface area (Å²) in [5, 5.41) is 3.76. The van der Waals surface area contributed by atoms with Gasteiger partial charge >= 0.3 is 0 Å². The van der Waals surface area contributed by atoms with Crippen LogP contribution in [-0.2, 0) is 17.6 Å². The summed E-state index contributed by atoms with van der Waals surface area (Å²) in [7, 11) is 0. The fourth-order valence-electron chi connectivity index (χ4n) is 2.31. The van der Waals surface area contributed by atoms with Crippen molar-refractivity contribution in [2.45, 2.75) is 25.3 Å². The topological polar surface area (TPSA) is 29.1 Å². The average Bonchev–Trinajstić information content (AvgIpc) is 2.54. The van der Waals surface area contributed by atoms with Crippen LogP contribution in [0.2, 0.25) is 5.02 Å². The summed E-state index contributed by atoms with van der Waals surface area (Å²) in [5.74, 6) is 0.655. The number of halogens is 1. The molecule has 0 saturated heterocycles. The summed E-state index contributed by atoms with van der Waals surface area (Å²) in [6.07, 6.45) is 1.88. The molecule has 1 atom stereocenters. The van der Waals surface area contributed by atoms with Crippen LogP contribution in [0.25, 0.3) is 0 Å². The van der Waals surface area contributed by atoms with Gasteiger partial charge in [0, 0.05) is 23.2 Å². The Labute approximate surface area is 142 Å². The van der Waals surface area contributed by atoms with Crippen molar-refractivity contribution < 1.29 is 4.79 Å². The number of amides is 1. The highest BCUT2D eigenvalue weighted by atomic mass is 35.5. The van der Waals surface area contributed by atoms with Crippen LogP contribution >= 0.6 is 24.2 Å². The minimum atomic E-state index is 0.0369. The van der Waals surface area contributed by atoms with Crippen molar-refractivity contribution >= 4 is 30.1 Å². The number of nitrogens with one attached hydrogen (secondary N) is 1. The van der Waals surface area contributed by atoms with Gasteiger partial charge < -0.3 is 5.32 Å². The van der Waals surface area contributed by atoms with Gasteiger partial charge in [-0.2, -0.15) is 12.6 Å². The van der Waals surface area contributed by atoms with Crippen LogP contribution in [0, 0.1) is 0 Å². The van der Waals surface area contributed by atoms with Crippen LogP contribution in [0.1, 0.15) is 17.5 Å². The van der Waals surface area contributed by atoms with E-state index in [1.54, 1.807) is 0 Å². The molecule has 2 rings (SSSR count). The highest BCUT2D eigenvalue weighted by molar-refractivity contribution is 7.80. The van der Waals surface area contributed by atoms with Crippen LogP contribution in [0.15, 0.2) is 54.6 Å². The molecule has 4 heteroatoms. The summed E-state index contributed by atoms with van der Waals surface area (Å²) in [6, 6.07) is 17.8. The Morgan fingerprint density at radius 1 is 1.09 bits per heavy atom. The maximum atomic E-state index is 12.1. The highest BCUT2D eigenvalue weighted by Gasteiger charge is 2.12. The number of carbonyl (C=O) groups is 1. The van der Waals surface area contributed by atoms with Crippen LogP contribution in [0.5, 0.6) is 0 Å². The Kier molecular flexibility index (Phi) is 6.81. The van der Waals surface area contributed by atoms with Gasteiger partial charge in [-0.25, -0.2) is 0 Å². The molecule has 0 fully saturated rings. The summed E-state index contributed by atoms with van der Waals surface area (Å²) < 4.78 is 0. The van der Waals surface area contributed by atoms with E-state index in [0.29, 0.717) is 23.6 Å². The first kappa shape index (κ1) is 16.9. The standard InChI is InChI=1S/C18H20ClNOS/c19-17-9-5-4-8-15(17)10-11-18(21)20-16(13-22)12-14-6-2-1-3-7-14/h1-9,16,22H,10-13H2,(H,20,21)/t16-/m1/s1. The highest BCUT2D eigenvalue weighted by Crippen LogP contribution is 2.16. The lowest BCUT2D eigenvalue weighted by Gasteiger charge is -2.17. The smallest absolute Gasteiger partial charge is 0.220 e. The van der Waals surface area contributed by atoms with Crippen molar-refractivity contribution in [1.29, 1.82) is 0 Å². The molecule has 0 aliphatic heterocycles. The molecule has 2 aromatic carbocycles. The van der Waals surface area contributed by atoms with E-state index >= 15 is 0 Å². The molecule has 1 amide bonds. The minimum Gasteiger partial charge on any atom is -0.352 e. The molecule has 116 valence electrons. The average molecular weight is 334 g/mol. The second-order valence-electron chi connectivity index (χ2n) is 5.23. The van der Waals surface area contributed by atoms with E-state index in [4.69, 9.17) is 11.6 Å². The molecule has 2 aromatic rings. The van der Waals surface area contributed by atoms with Gasteiger partial charge in [0.25, 0.3) is 0 Å². The number of aryl methyl sites for hydroxylation is 1. The largest absolute Gasteiger partial charge is 0.352 e. The molecular formula is C18H20ClNOS. The maximum absolute atomic E-state index is 12.1. The fraction of sp³-hybridized carbons (Fsp3) is 0.278. The monoisotopic (exact) mass is 333 g/mol. The third-order valence-corrected chi connectivity index (χ3v) is 4.30. The van der Waals surface area contributed by atoms with Gasteiger partial charge in [-0.3, -0.25) is 4.79 Å². The molecule has 0 radical (unpaired) electrons. The molecule has 0 saturated carbocycles. The Balaban J connectivity index is 1.83. The van der Waals surface area contributed by atoms with Crippen LogP contribution < -0.4 is 5.32 Å². The van der Waals surface area contributed by atoms with E-state index in [9.17, 15) is 4.79 Å². The Bertz CT molecular complexity index is 603. The van der Waals surface area contributed by atoms with Crippen molar-refractivity contribution in [3.8, 4) is 0 Å². The predicted octanol–water partition coefficient (Wildman–Crippen LogP) is 3.93. The quantitative estimate of drug-likeness (QED) is 0.739. The van der Waals surface area contributed by atoms with Crippen molar-refractivity contribution in [2.24, 2.45) is 0 Å². The zero-order valence-corrected chi connectivity index (χ0v) is 14.0. The third-order valence-electron chi connectivity index (χ3n) is 3.49. The number of rotatable bonds is 7.